The van der Waals surface area contributed by atoms with E-state index >= 15 is 0 Å². The minimum atomic E-state index is -0.245. The lowest BCUT2D eigenvalue weighted by Crippen LogP contribution is -2.25. The van der Waals surface area contributed by atoms with Gasteiger partial charge in [0.15, 0.2) is 11.0 Å². The number of aromatic nitrogens is 3. The van der Waals surface area contributed by atoms with E-state index < -0.39 is 0 Å². The van der Waals surface area contributed by atoms with Crippen molar-refractivity contribution in [1.82, 2.24) is 20.1 Å². The fourth-order valence-electron chi connectivity index (χ4n) is 3.48. The zero-order valence-corrected chi connectivity index (χ0v) is 20.7. The molecule has 1 heterocycles. The predicted octanol–water partition coefficient (Wildman–Crippen LogP) is 4.76. The Balaban J connectivity index is 1.36. The minimum Gasteiger partial charge on any atom is -0.348 e. The molecule has 2 amide bonds. The molecule has 0 aliphatic carbocycles. The van der Waals surface area contributed by atoms with E-state index in [4.69, 9.17) is 0 Å². The fraction of sp³-hybridized carbons (Fsp3) is 0.185. The topological polar surface area (TPSA) is 88.9 Å². The molecular weight excluding hydrogens is 458 g/mol. The number of aryl methyl sites for hydroxylation is 2. The van der Waals surface area contributed by atoms with Crippen LogP contribution in [0.25, 0.3) is 11.4 Å². The van der Waals surface area contributed by atoms with Crippen LogP contribution >= 0.6 is 11.8 Å². The molecule has 0 spiro atoms. The van der Waals surface area contributed by atoms with Crippen LogP contribution in [0, 0.1) is 13.8 Å². The van der Waals surface area contributed by atoms with Crippen molar-refractivity contribution in [1.29, 1.82) is 0 Å². The second-order valence-corrected chi connectivity index (χ2v) is 9.22. The van der Waals surface area contributed by atoms with Gasteiger partial charge in [-0.25, -0.2) is 0 Å². The maximum Gasteiger partial charge on any atom is 0.253 e. The van der Waals surface area contributed by atoms with Crippen molar-refractivity contribution in [3.63, 3.8) is 0 Å². The number of para-hydroxylation sites is 1. The molecule has 4 rings (SSSR count). The number of nitrogens with one attached hydrogen (secondary N) is 2. The molecule has 0 bridgehead atoms. The maximum absolute atomic E-state index is 12.8. The molecule has 0 aliphatic heterocycles. The number of anilines is 1. The first-order valence-corrected chi connectivity index (χ1v) is 12.2. The van der Waals surface area contributed by atoms with E-state index in [1.807, 2.05) is 74.0 Å². The third-order valence-corrected chi connectivity index (χ3v) is 6.52. The number of thioether (sulfide) groups is 1. The van der Waals surface area contributed by atoms with Gasteiger partial charge < -0.3 is 15.2 Å². The Kier molecular flexibility index (Phi) is 7.62. The van der Waals surface area contributed by atoms with Gasteiger partial charge in [0.1, 0.15) is 0 Å². The second-order valence-electron chi connectivity index (χ2n) is 8.28. The van der Waals surface area contributed by atoms with Crippen molar-refractivity contribution in [2.24, 2.45) is 7.05 Å². The summed E-state index contributed by atoms with van der Waals surface area (Å²) in [5.74, 6) is 0.404. The highest BCUT2D eigenvalue weighted by Crippen LogP contribution is 2.23. The third-order valence-electron chi connectivity index (χ3n) is 5.50. The Hall–Kier alpha value is -3.91. The minimum absolute atomic E-state index is 0.138. The fourth-order valence-corrected chi connectivity index (χ4v) is 4.20. The second kappa shape index (κ2) is 11.0. The summed E-state index contributed by atoms with van der Waals surface area (Å²) in [5.41, 5.74) is 5.20. The zero-order valence-electron chi connectivity index (χ0n) is 19.9. The summed E-state index contributed by atoms with van der Waals surface area (Å²) in [5, 5.41) is 14.9. The summed E-state index contributed by atoms with van der Waals surface area (Å²) in [7, 11) is 1.88. The number of nitrogens with zero attached hydrogens (tertiary/aromatic N) is 3. The Morgan fingerprint density at radius 3 is 2.26 bits per heavy atom. The number of rotatable bonds is 8. The molecule has 0 fully saturated rings. The number of carbonyl (C=O) groups is 2. The molecule has 7 nitrogen and oxygen atoms in total. The molecule has 0 aliphatic rings. The molecule has 3 aromatic carbocycles. The van der Waals surface area contributed by atoms with Gasteiger partial charge in [0.25, 0.3) is 5.91 Å². The number of amides is 2. The van der Waals surface area contributed by atoms with Crippen LogP contribution in [0.2, 0.25) is 0 Å². The van der Waals surface area contributed by atoms with Crippen LogP contribution < -0.4 is 10.6 Å². The smallest absolute Gasteiger partial charge is 0.253 e. The molecule has 2 N–H and O–H groups in total. The highest BCUT2D eigenvalue weighted by molar-refractivity contribution is 7.99. The van der Waals surface area contributed by atoms with Gasteiger partial charge in [-0.2, -0.15) is 0 Å². The largest absolute Gasteiger partial charge is 0.348 e. The average molecular weight is 486 g/mol. The highest BCUT2D eigenvalue weighted by Gasteiger charge is 2.16. The van der Waals surface area contributed by atoms with E-state index in [0.29, 0.717) is 23.0 Å². The van der Waals surface area contributed by atoms with Crippen LogP contribution in [0.1, 0.15) is 27.0 Å². The van der Waals surface area contributed by atoms with Crippen LogP contribution in [0.3, 0.4) is 0 Å². The lowest BCUT2D eigenvalue weighted by molar-refractivity contribution is -0.113. The van der Waals surface area contributed by atoms with Gasteiger partial charge in [0.05, 0.1) is 17.0 Å². The summed E-state index contributed by atoms with van der Waals surface area (Å²) in [6, 6.07) is 23.0. The Morgan fingerprint density at radius 1 is 0.886 bits per heavy atom. The molecule has 0 unspecified atom stereocenters. The van der Waals surface area contributed by atoms with E-state index in [1.54, 1.807) is 24.3 Å². The van der Waals surface area contributed by atoms with E-state index in [9.17, 15) is 9.59 Å². The quantitative estimate of drug-likeness (QED) is 0.351. The van der Waals surface area contributed by atoms with Gasteiger partial charge >= 0.3 is 0 Å². The number of hydrogen-bond acceptors (Lipinski definition) is 5. The normalized spacial score (nSPS) is 10.7. The molecular formula is C27H27N5O2S. The number of benzene rings is 3. The highest BCUT2D eigenvalue weighted by atomic mass is 32.2. The van der Waals surface area contributed by atoms with Crippen molar-refractivity contribution < 1.29 is 9.59 Å². The summed E-state index contributed by atoms with van der Waals surface area (Å²) < 4.78 is 1.87. The lowest BCUT2D eigenvalue weighted by atomic mass is 10.1. The molecule has 0 saturated heterocycles. The van der Waals surface area contributed by atoms with Gasteiger partial charge in [0, 0.05) is 19.2 Å². The molecule has 0 radical (unpaired) electrons. The average Bonchev–Trinajstić information content (AvgIpc) is 3.23. The monoisotopic (exact) mass is 485 g/mol. The molecule has 1 aromatic heterocycles. The molecule has 0 saturated carbocycles. The van der Waals surface area contributed by atoms with E-state index in [0.717, 1.165) is 17.0 Å². The zero-order chi connectivity index (χ0) is 24.8. The van der Waals surface area contributed by atoms with Crippen LogP contribution in [0.4, 0.5) is 5.69 Å². The van der Waals surface area contributed by atoms with Crippen LogP contribution in [-0.4, -0.2) is 32.3 Å². The van der Waals surface area contributed by atoms with Crippen molar-refractivity contribution in [2.45, 2.75) is 25.5 Å². The van der Waals surface area contributed by atoms with Gasteiger partial charge in [-0.05, 0) is 31.5 Å². The summed E-state index contributed by atoms with van der Waals surface area (Å²) in [6.07, 6.45) is 0. The lowest BCUT2D eigenvalue weighted by Gasteiger charge is -2.11. The van der Waals surface area contributed by atoms with Crippen LogP contribution in [-0.2, 0) is 18.4 Å². The Bertz CT molecular complexity index is 1330. The maximum atomic E-state index is 12.8. The summed E-state index contributed by atoms with van der Waals surface area (Å²) in [4.78, 5) is 25.5. The van der Waals surface area contributed by atoms with Gasteiger partial charge in [-0.15, -0.1) is 10.2 Å². The first-order chi connectivity index (χ1) is 16.9. The van der Waals surface area contributed by atoms with Crippen molar-refractivity contribution in [2.75, 3.05) is 11.1 Å². The SMILES string of the molecule is Cc1ccc(CNC(=O)c2ccccc2NC(=O)CSc2nnc(-c3ccc(C)cc3)n2C)cc1. The first kappa shape index (κ1) is 24.2. The third kappa shape index (κ3) is 6.16. The first-order valence-electron chi connectivity index (χ1n) is 11.2. The molecule has 35 heavy (non-hydrogen) atoms. The Morgan fingerprint density at radius 2 is 1.54 bits per heavy atom. The van der Waals surface area contributed by atoms with Crippen LogP contribution in [0.15, 0.2) is 78.0 Å². The van der Waals surface area contributed by atoms with E-state index in [2.05, 4.69) is 20.8 Å². The van der Waals surface area contributed by atoms with Crippen molar-refractivity contribution in [3.8, 4) is 11.4 Å². The van der Waals surface area contributed by atoms with E-state index in [-0.39, 0.29) is 17.6 Å². The van der Waals surface area contributed by atoms with Gasteiger partial charge in [-0.1, -0.05) is 83.6 Å². The van der Waals surface area contributed by atoms with Crippen LogP contribution in [0.5, 0.6) is 0 Å². The van der Waals surface area contributed by atoms with Crippen molar-refractivity contribution in [3.05, 3.63) is 95.1 Å². The molecule has 4 aromatic rings. The summed E-state index contributed by atoms with van der Waals surface area (Å²) >= 11 is 1.29. The molecule has 0 atom stereocenters. The van der Waals surface area contributed by atoms with Gasteiger partial charge in [0.2, 0.25) is 5.91 Å². The number of carbonyl (C=O) groups excluding carboxylic acids is 2. The Labute approximate surface area is 209 Å². The van der Waals surface area contributed by atoms with Crippen molar-refractivity contribution >= 4 is 29.3 Å². The molecule has 178 valence electrons. The summed E-state index contributed by atoms with van der Waals surface area (Å²) in [6.45, 7) is 4.46. The number of hydrogen-bond donors (Lipinski definition) is 2. The molecule has 8 heteroatoms. The van der Waals surface area contributed by atoms with E-state index in [1.165, 1.54) is 22.9 Å². The standard InChI is InChI=1S/C27H27N5O2S/c1-18-8-12-20(13-9-18)16-28-26(34)22-6-4-5-7-23(22)29-24(33)17-35-27-31-30-25(32(27)3)21-14-10-19(2)11-15-21/h4-15H,16-17H2,1-3H3,(H,28,34)(H,29,33). The van der Waals surface area contributed by atoms with Gasteiger partial charge in [-0.3, -0.25) is 9.59 Å². The predicted molar refractivity (Wildman–Crippen MR) is 139 cm³/mol.